The number of dihydropyridines is 1. The molecular weight excluding hydrogens is 480 g/mol. The summed E-state index contributed by atoms with van der Waals surface area (Å²) < 4.78 is 1.84. The highest BCUT2D eigenvalue weighted by molar-refractivity contribution is 6.06. The van der Waals surface area contributed by atoms with E-state index in [1.807, 2.05) is 56.7 Å². The van der Waals surface area contributed by atoms with Crippen molar-refractivity contribution in [3.63, 3.8) is 0 Å². The minimum Gasteiger partial charge on any atom is -0.370 e. The van der Waals surface area contributed by atoms with Gasteiger partial charge in [-0.15, -0.1) is 0 Å². The molecule has 10 nitrogen and oxygen atoms in total. The SMILES string of the molecule is CC1=CC(C)=C(CNC(=O)c2cc(-c3cccnc3N3CCN(C)CC3)nc3c2cnn3C(C)C)C(O)N1. The maximum atomic E-state index is 13.6. The van der Waals surface area contributed by atoms with Gasteiger partial charge in [0, 0.05) is 61.8 Å². The lowest BCUT2D eigenvalue weighted by atomic mass is 10.0. The number of piperazine rings is 1. The third-order valence-electron chi connectivity index (χ3n) is 7.24. The van der Waals surface area contributed by atoms with E-state index in [1.54, 1.807) is 12.4 Å². The molecule has 5 rings (SSSR count). The molecule has 0 aliphatic carbocycles. The van der Waals surface area contributed by atoms with Crippen molar-refractivity contribution >= 4 is 22.8 Å². The molecule has 1 saturated heterocycles. The molecule has 10 heteroatoms. The van der Waals surface area contributed by atoms with Crippen molar-refractivity contribution < 1.29 is 9.90 Å². The van der Waals surface area contributed by atoms with Gasteiger partial charge in [0.2, 0.25) is 0 Å². The Morgan fingerprint density at radius 1 is 1.24 bits per heavy atom. The number of carbonyl (C=O) groups is 1. The van der Waals surface area contributed by atoms with E-state index in [0.29, 0.717) is 22.3 Å². The molecule has 0 bridgehead atoms. The summed E-state index contributed by atoms with van der Waals surface area (Å²) in [6.07, 6.45) is 4.64. The van der Waals surface area contributed by atoms with Crippen LogP contribution in [0.25, 0.3) is 22.3 Å². The molecule has 0 aromatic carbocycles. The Morgan fingerprint density at radius 3 is 2.71 bits per heavy atom. The summed E-state index contributed by atoms with van der Waals surface area (Å²) >= 11 is 0. The molecule has 3 aromatic rings. The van der Waals surface area contributed by atoms with Crippen molar-refractivity contribution in [2.24, 2.45) is 0 Å². The highest BCUT2D eigenvalue weighted by Crippen LogP contribution is 2.32. The first-order valence-corrected chi connectivity index (χ1v) is 13.1. The van der Waals surface area contributed by atoms with Crippen LogP contribution >= 0.6 is 0 Å². The first-order chi connectivity index (χ1) is 18.2. The van der Waals surface area contributed by atoms with E-state index in [4.69, 9.17) is 9.97 Å². The largest absolute Gasteiger partial charge is 0.370 e. The van der Waals surface area contributed by atoms with Gasteiger partial charge in [-0.05, 0) is 64.6 Å². The predicted octanol–water partition coefficient (Wildman–Crippen LogP) is 2.70. The Hall–Kier alpha value is -3.76. The fourth-order valence-corrected chi connectivity index (χ4v) is 5.07. The van der Waals surface area contributed by atoms with Crippen LogP contribution in [0.5, 0.6) is 0 Å². The van der Waals surface area contributed by atoms with Gasteiger partial charge >= 0.3 is 0 Å². The predicted molar refractivity (Wildman–Crippen MR) is 149 cm³/mol. The van der Waals surface area contributed by atoms with E-state index in [2.05, 4.69) is 32.6 Å². The van der Waals surface area contributed by atoms with Gasteiger partial charge in [-0.25, -0.2) is 14.6 Å². The molecule has 1 atom stereocenters. The quantitative estimate of drug-likeness (QED) is 0.459. The van der Waals surface area contributed by atoms with Gasteiger partial charge in [0.15, 0.2) is 5.65 Å². The van der Waals surface area contributed by atoms with Gasteiger partial charge in [-0.3, -0.25) is 4.79 Å². The number of amides is 1. The topological polar surface area (TPSA) is 111 Å². The van der Waals surface area contributed by atoms with E-state index in [0.717, 1.165) is 54.4 Å². The number of hydrogen-bond donors (Lipinski definition) is 3. The van der Waals surface area contributed by atoms with Crippen molar-refractivity contribution in [2.75, 3.05) is 44.7 Å². The number of anilines is 1. The van der Waals surface area contributed by atoms with E-state index >= 15 is 0 Å². The maximum absolute atomic E-state index is 13.6. The lowest BCUT2D eigenvalue weighted by molar-refractivity contribution is 0.0954. The number of fused-ring (bicyclic) bond motifs is 1. The van der Waals surface area contributed by atoms with Gasteiger partial charge < -0.3 is 25.5 Å². The Morgan fingerprint density at radius 2 is 2.00 bits per heavy atom. The number of aliphatic hydroxyl groups excluding tert-OH is 1. The van der Waals surface area contributed by atoms with Gasteiger partial charge in [0.1, 0.15) is 12.0 Å². The average molecular weight is 517 g/mol. The van der Waals surface area contributed by atoms with Crippen molar-refractivity contribution in [1.82, 2.24) is 35.3 Å². The highest BCUT2D eigenvalue weighted by atomic mass is 16.3. The van der Waals surface area contributed by atoms with E-state index in [-0.39, 0.29) is 18.5 Å². The molecule has 0 saturated carbocycles. The number of rotatable bonds is 6. The molecule has 5 heterocycles. The standard InChI is InChI=1S/C28H36N8O2/c1-17(2)36-26-23(16-31-36)21(27(37)30-15-22-18(3)13-19(4)32-28(22)38)14-24(33-26)20-7-6-8-29-25(20)35-11-9-34(5)10-12-35/h6-8,13-14,16-17,28,32,38H,9-12,15H2,1-5H3,(H,30,37). The second-order valence-electron chi connectivity index (χ2n) is 10.4. The normalized spacial score (nSPS) is 18.7. The first-order valence-electron chi connectivity index (χ1n) is 13.1. The molecule has 0 spiro atoms. The molecule has 1 fully saturated rings. The molecule has 0 radical (unpaired) electrons. The summed E-state index contributed by atoms with van der Waals surface area (Å²) in [4.78, 5) is 27.9. The molecule has 1 unspecified atom stereocenters. The van der Waals surface area contributed by atoms with E-state index in [1.165, 1.54) is 0 Å². The van der Waals surface area contributed by atoms with Gasteiger partial charge in [0.25, 0.3) is 5.91 Å². The monoisotopic (exact) mass is 516 g/mol. The summed E-state index contributed by atoms with van der Waals surface area (Å²) in [7, 11) is 2.13. The number of aromatic nitrogens is 4. The van der Waals surface area contributed by atoms with Gasteiger partial charge in [0.05, 0.1) is 22.8 Å². The Bertz CT molecular complexity index is 1420. The molecule has 38 heavy (non-hydrogen) atoms. The summed E-state index contributed by atoms with van der Waals surface area (Å²) in [5.74, 6) is 0.625. The lowest BCUT2D eigenvalue weighted by Crippen LogP contribution is -2.45. The molecule has 200 valence electrons. The van der Waals surface area contributed by atoms with Gasteiger partial charge in [-0.1, -0.05) is 0 Å². The number of pyridine rings is 2. The van der Waals surface area contributed by atoms with Crippen molar-refractivity contribution in [2.45, 2.75) is 40.0 Å². The molecule has 2 aliphatic rings. The molecule has 1 amide bonds. The lowest BCUT2D eigenvalue weighted by Gasteiger charge is -2.34. The molecular formula is C28H36N8O2. The summed E-state index contributed by atoms with van der Waals surface area (Å²) in [6, 6.07) is 5.83. The van der Waals surface area contributed by atoms with Crippen LogP contribution in [0.3, 0.4) is 0 Å². The Labute approximate surface area is 223 Å². The minimum absolute atomic E-state index is 0.0726. The van der Waals surface area contributed by atoms with Crippen LogP contribution in [0, 0.1) is 0 Å². The van der Waals surface area contributed by atoms with Crippen molar-refractivity contribution in [3.05, 3.63) is 59.1 Å². The fraction of sp³-hybridized carbons (Fsp3) is 0.429. The molecule has 2 aliphatic heterocycles. The number of likely N-dealkylation sites (N-methyl/N-ethyl adjacent to an activating group) is 1. The van der Waals surface area contributed by atoms with Crippen molar-refractivity contribution in [1.29, 1.82) is 0 Å². The number of carbonyl (C=O) groups excluding carboxylic acids is 1. The maximum Gasteiger partial charge on any atom is 0.252 e. The van der Waals surface area contributed by atoms with E-state index in [9.17, 15) is 9.90 Å². The third kappa shape index (κ3) is 5.01. The second kappa shape index (κ2) is 10.5. The molecule has 3 N–H and O–H groups in total. The summed E-state index contributed by atoms with van der Waals surface area (Å²) in [5.41, 5.74) is 5.28. The second-order valence-corrected chi connectivity index (χ2v) is 10.4. The van der Waals surface area contributed by atoms with Crippen LogP contribution in [0.4, 0.5) is 5.82 Å². The van der Waals surface area contributed by atoms with Gasteiger partial charge in [-0.2, -0.15) is 5.10 Å². The zero-order chi connectivity index (χ0) is 27.0. The Balaban J connectivity index is 1.54. The molecule has 3 aromatic heterocycles. The van der Waals surface area contributed by atoms with Crippen LogP contribution in [0.1, 0.15) is 44.1 Å². The number of nitrogens with zero attached hydrogens (tertiary/aromatic N) is 6. The Kier molecular flexibility index (Phi) is 7.18. The number of aliphatic hydroxyl groups is 1. The van der Waals surface area contributed by atoms with Crippen LogP contribution in [-0.4, -0.2) is 81.7 Å². The number of allylic oxidation sites excluding steroid dienone is 3. The first kappa shape index (κ1) is 25.9. The summed E-state index contributed by atoms with van der Waals surface area (Å²) in [5, 5.41) is 21.8. The third-order valence-corrected chi connectivity index (χ3v) is 7.24. The van der Waals surface area contributed by atoms with Crippen LogP contribution in [-0.2, 0) is 0 Å². The zero-order valence-corrected chi connectivity index (χ0v) is 22.7. The zero-order valence-electron chi connectivity index (χ0n) is 22.7. The van der Waals surface area contributed by atoms with Crippen LogP contribution in [0.2, 0.25) is 0 Å². The fourth-order valence-electron chi connectivity index (χ4n) is 5.07. The van der Waals surface area contributed by atoms with Crippen molar-refractivity contribution in [3.8, 4) is 11.3 Å². The smallest absolute Gasteiger partial charge is 0.252 e. The van der Waals surface area contributed by atoms with Crippen LogP contribution < -0.4 is 15.5 Å². The average Bonchev–Trinajstić information content (AvgIpc) is 3.32. The summed E-state index contributed by atoms with van der Waals surface area (Å²) in [6.45, 7) is 11.8. The number of hydrogen-bond acceptors (Lipinski definition) is 8. The van der Waals surface area contributed by atoms with E-state index < -0.39 is 6.23 Å². The highest BCUT2D eigenvalue weighted by Gasteiger charge is 2.24. The van der Waals surface area contributed by atoms with Crippen LogP contribution in [0.15, 0.2) is 53.5 Å². The number of nitrogens with one attached hydrogen (secondary N) is 2. The minimum atomic E-state index is -0.835.